The SMILES string of the molecule is CCC(C)(CNC(=O)CC1CCNCC1)C(=O)O. The largest absolute Gasteiger partial charge is 0.481 e. The highest BCUT2D eigenvalue weighted by atomic mass is 16.4. The fraction of sp³-hybridized carbons (Fsp3) is 0.846. The minimum atomic E-state index is -0.857. The van der Waals surface area contributed by atoms with Crippen LogP contribution >= 0.6 is 0 Å². The molecule has 5 heteroatoms. The Kier molecular flexibility index (Phi) is 5.59. The Morgan fingerprint density at radius 2 is 2.00 bits per heavy atom. The van der Waals surface area contributed by atoms with Crippen molar-refractivity contribution in [2.75, 3.05) is 19.6 Å². The van der Waals surface area contributed by atoms with Crippen molar-refractivity contribution in [1.82, 2.24) is 10.6 Å². The van der Waals surface area contributed by atoms with Gasteiger partial charge in [-0.2, -0.15) is 0 Å². The number of piperidine rings is 1. The molecule has 1 aliphatic rings. The molecule has 0 aliphatic carbocycles. The Morgan fingerprint density at radius 3 is 2.50 bits per heavy atom. The minimum absolute atomic E-state index is 0.0252. The van der Waals surface area contributed by atoms with Crippen molar-refractivity contribution in [3.05, 3.63) is 0 Å². The summed E-state index contributed by atoms with van der Waals surface area (Å²) in [6, 6.07) is 0. The Bertz CT molecular complexity index is 301. The first-order chi connectivity index (χ1) is 8.48. The number of nitrogens with one attached hydrogen (secondary N) is 2. The third-order valence-corrected chi connectivity index (χ3v) is 3.91. The van der Waals surface area contributed by atoms with Crippen molar-refractivity contribution >= 4 is 11.9 Å². The standard InChI is InChI=1S/C13H24N2O3/c1-3-13(2,12(17)18)9-15-11(16)8-10-4-6-14-7-5-10/h10,14H,3-9H2,1-2H3,(H,15,16)(H,17,18). The zero-order chi connectivity index (χ0) is 13.6. The molecule has 0 bridgehead atoms. The van der Waals surface area contributed by atoms with Gasteiger partial charge in [0, 0.05) is 13.0 Å². The smallest absolute Gasteiger partial charge is 0.311 e. The molecule has 104 valence electrons. The van der Waals surface area contributed by atoms with Crippen LogP contribution in [0.15, 0.2) is 0 Å². The Morgan fingerprint density at radius 1 is 1.39 bits per heavy atom. The van der Waals surface area contributed by atoms with Crippen molar-refractivity contribution in [3.8, 4) is 0 Å². The van der Waals surface area contributed by atoms with E-state index in [-0.39, 0.29) is 12.5 Å². The van der Waals surface area contributed by atoms with E-state index in [0.717, 1.165) is 25.9 Å². The van der Waals surface area contributed by atoms with Crippen LogP contribution in [-0.4, -0.2) is 36.6 Å². The molecule has 5 nitrogen and oxygen atoms in total. The summed E-state index contributed by atoms with van der Waals surface area (Å²) in [4.78, 5) is 22.9. The maximum atomic E-state index is 11.8. The molecule has 0 aromatic heterocycles. The summed E-state index contributed by atoms with van der Waals surface area (Å²) in [7, 11) is 0. The Hall–Kier alpha value is -1.10. The first kappa shape index (κ1) is 15.0. The summed E-state index contributed by atoms with van der Waals surface area (Å²) in [6.07, 6.45) is 3.08. The summed E-state index contributed by atoms with van der Waals surface area (Å²) in [6.45, 7) is 5.65. The molecule has 0 aromatic rings. The number of carboxylic acids is 1. The highest BCUT2D eigenvalue weighted by Crippen LogP contribution is 2.20. The normalized spacial score (nSPS) is 20.1. The van der Waals surface area contributed by atoms with Crippen LogP contribution in [0, 0.1) is 11.3 Å². The van der Waals surface area contributed by atoms with Crippen molar-refractivity contribution in [1.29, 1.82) is 0 Å². The van der Waals surface area contributed by atoms with E-state index < -0.39 is 11.4 Å². The van der Waals surface area contributed by atoms with Gasteiger partial charge in [-0.05, 0) is 45.2 Å². The van der Waals surface area contributed by atoms with Crippen LogP contribution in [0.4, 0.5) is 0 Å². The second-order valence-electron chi connectivity index (χ2n) is 5.39. The third-order valence-electron chi connectivity index (χ3n) is 3.91. The zero-order valence-electron chi connectivity index (χ0n) is 11.3. The van der Waals surface area contributed by atoms with Gasteiger partial charge in [0.15, 0.2) is 0 Å². The maximum Gasteiger partial charge on any atom is 0.311 e. The van der Waals surface area contributed by atoms with E-state index in [2.05, 4.69) is 10.6 Å². The zero-order valence-corrected chi connectivity index (χ0v) is 11.3. The van der Waals surface area contributed by atoms with Crippen LogP contribution in [0.5, 0.6) is 0 Å². The quantitative estimate of drug-likeness (QED) is 0.662. The molecule has 1 heterocycles. The molecule has 0 radical (unpaired) electrons. The van der Waals surface area contributed by atoms with Gasteiger partial charge >= 0.3 is 5.97 Å². The number of rotatable bonds is 6. The molecule has 1 aliphatic heterocycles. The lowest BCUT2D eigenvalue weighted by Gasteiger charge is -2.25. The number of hydrogen-bond acceptors (Lipinski definition) is 3. The van der Waals surface area contributed by atoms with E-state index in [4.69, 9.17) is 5.11 Å². The number of aliphatic carboxylic acids is 1. The van der Waals surface area contributed by atoms with Gasteiger partial charge < -0.3 is 15.7 Å². The van der Waals surface area contributed by atoms with Crippen LogP contribution < -0.4 is 10.6 Å². The van der Waals surface area contributed by atoms with E-state index in [0.29, 0.717) is 18.8 Å². The average molecular weight is 256 g/mol. The maximum absolute atomic E-state index is 11.8. The monoisotopic (exact) mass is 256 g/mol. The van der Waals surface area contributed by atoms with E-state index in [1.165, 1.54) is 0 Å². The van der Waals surface area contributed by atoms with Crippen LogP contribution in [0.1, 0.15) is 39.5 Å². The number of carbonyl (C=O) groups is 2. The topological polar surface area (TPSA) is 78.4 Å². The number of carbonyl (C=O) groups excluding carboxylic acids is 1. The second-order valence-corrected chi connectivity index (χ2v) is 5.39. The Balaban J connectivity index is 2.33. The van der Waals surface area contributed by atoms with Gasteiger partial charge in [0.25, 0.3) is 0 Å². The van der Waals surface area contributed by atoms with Crippen LogP contribution in [0.2, 0.25) is 0 Å². The van der Waals surface area contributed by atoms with Gasteiger partial charge in [-0.25, -0.2) is 0 Å². The second kappa shape index (κ2) is 6.73. The fourth-order valence-electron chi connectivity index (χ4n) is 2.07. The van der Waals surface area contributed by atoms with Gasteiger partial charge in [0.05, 0.1) is 5.41 Å². The molecule has 1 unspecified atom stereocenters. The average Bonchev–Trinajstić information content (AvgIpc) is 2.37. The summed E-state index contributed by atoms with van der Waals surface area (Å²) >= 11 is 0. The lowest BCUT2D eigenvalue weighted by molar-refractivity contribution is -0.148. The highest BCUT2D eigenvalue weighted by molar-refractivity contribution is 5.78. The van der Waals surface area contributed by atoms with Crippen LogP contribution in [0.25, 0.3) is 0 Å². The van der Waals surface area contributed by atoms with Crippen LogP contribution in [-0.2, 0) is 9.59 Å². The van der Waals surface area contributed by atoms with Gasteiger partial charge in [0.2, 0.25) is 5.91 Å². The molecule has 0 saturated carbocycles. The first-order valence-corrected chi connectivity index (χ1v) is 6.69. The van der Waals surface area contributed by atoms with Crippen LogP contribution in [0.3, 0.4) is 0 Å². The fourth-order valence-corrected chi connectivity index (χ4v) is 2.07. The van der Waals surface area contributed by atoms with Crippen molar-refractivity contribution in [3.63, 3.8) is 0 Å². The summed E-state index contributed by atoms with van der Waals surface area (Å²) in [5.74, 6) is -0.445. The minimum Gasteiger partial charge on any atom is -0.481 e. The highest BCUT2D eigenvalue weighted by Gasteiger charge is 2.31. The van der Waals surface area contributed by atoms with Gasteiger partial charge in [-0.3, -0.25) is 9.59 Å². The van der Waals surface area contributed by atoms with Gasteiger partial charge in [-0.15, -0.1) is 0 Å². The molecule has 1 rings (SSSR count). The summed E-state index contributed by atoms with van der Waals surface area (Å²) in [5.41, 5.74) is -0.857. The summed E-state index contributed by atoms with van der Waals surface area (Å²) in [5, 5.41) is 15.1. The van der Waals surface area contributed by atoms with Gasteiger partial charge in [-0.1, -0.05) is 6.92 Å². The van der Waals surface area contributed by atoms with Crippen molar-refractivity contribution in [2.24, 2.45) is 11.3 Å². The molecule has 1 atom stereocenters. The number of carboxylic acid groups (broad SMARTS) is 1. The van der Waals surface area contributed by atoms with E-state index in [1.807, 2.05) is 6.92 Å². The molecule has 0 spiro atoms. The van der Waals surface area contributed by atoms with Crippen molar-refractivity contribution < 1.29 is 14.7 Å². The molecular formula is C13H24N2O3. The lowest BCUT2D eigenvalue weighted by Crippen LogP contribution is -2.41. The first-order valence-electron chi connectivity index (χ1n) is 6.69. The number of amides is 1. The third kappa shape index (κ3) is 4.29. The summed E-state index contributed by atoms with van der Waals surface area (Å²) < 4.78 is 0. The molecule has 1 fully saturated rings. The lowest BCUT2D eigenvalue weighted by atomic mass is 9.87. The molecular weight excluding hydrogens is 232 g/mol. The molecule has 18 heavy (non-hydrogen) atoms. The molecule has 3 N–H and O–H groups in total. The van der Waals surface area contributed by atoms with Gasteiger partial charge in [0.1, 0.15) is 0 Å². The molecule has 1 amide bonds. The molecule has 0 aromatic carbocycles. The predicted molar refractivity (Wildman–Crippen MR) is 69.3 cm³/mol. The van der Waals surface area contributed by atoms with E-state index in [9.17, 15) is 9.59 Å². The number of hydrogen-bond donors (Lipinski definition) is 3. The van der Waals surface area contributed by atoms with Crippen molar-refractivity contribution in [2.45, 2.75) is 39.5 Å². The predicted octanol–water partition coefficient (Wildman–Crippen LogP) is 0.993. The Labute approximate surface area is 108 Å². The molecule has 1 saturated heterocycles. The van der Waals surface area contributed by atoms with E-state index in [1.54, 1.807) is 6.92 Å². The van der Waals surface area contributed by atoms with E-state index >= 15 is 0 Å².